The molecule has 5 nitrogen and oxygen atoms in total. The van der Waals surface area contributed by atoms with Gasteiger partial charge in [0.2, 0.25) is 11.7 Å². The molecule has 0 aromatic carbocycles. The molecular weight excluding hydrogens is 252 g/mol. The zero-order chi connectivity index (χ0) is 13.4. The van der Waals surface area contributed by atoms with Gasteiger partial charge in [-0.1, -0.05) is 24.1 Å². The molecule has 0 spiro atoms. The van der Waals surface area contributed by atoms with Gasteiger partial charge in [0.05, 0.1) is 5.41 Å². The van der Waals surface area contributed by atoms with Gasteiger partial charge >= 0.3 is 0 Å². The van der Waals surface area contributed by atoms with Crippen LogP contribution >= 0.6 is 0 Å². The summed E-state index contributed by atoms with van der Waals surface area (Å²) in [5, 5.41) is 7.65. The molecule has 1 saturated heterocycles. The molecule has 5 heteroatoms. The number of nitrogens with one attached hydrogen (secondary N) is 1. The molecule has 1 aliphatic heterocycles. The highest BCUT2D eigenvalue weighted by atomic mass is 16.5. The van der Waals surface area contributed by atoms with Crippen LogP contribution in [0.25, 0.3) is 11.5 Å². The maximum atomic E-state index is 5.62. The van der Waals surface area contributed by atoms with Crippen molar-refractivity contribution in [2.24, 2.45) is 5.92 Å². The fourth-order valence-electron chi connectivity index (χ4n) is 3.69. The maximum Gasteiger partial charge on any atom is 0.234 e. The summed E-state index contributed by atoms with van der Waals surface area (Å²) in [5.41, 5.74) is 0.829. The minimum Gasteiger partial charge on any atom is -0.338 e. The molecule has 0 bridgehead atoms. The summed E-state index contributed by atoms with van der Waals surface area (Å²) in [7, 11) is 0. The molecule has 3 heterocycles. The lowest BCUT2D eigenvalue weighted by atomic mass is 9.68. The lowest BCUT2D eigenvalue weighted by Gasteiger charge is -2.35. The van der Waals surface area contributed by atoms with Crippen molar-refractivity contribution in [1.82, 2.24) is 20.4 Å². The molecule has 4 rings (SSSR count). The minimum atomic E-state index is 0.0538. The van der Waals surface area contributed by atoms with E-state index in [9.17, 15) is 0 Å². The largest absolute Gasteiger partial charge is 0.338 e. The van der Waals surface area contributed by atoms with E-state index in [1.165, 1.54) is 19.3 Å². The van der Waals surface area contributed by atoms with Gasteiger partial charge in [-0.2, -0.15) is 4.98 Å². The number of hydrogen-bond donors (Lipinski definition) is 1. The summed E-state index contributed by atoms with van der Waals surface area (Å²) < 4.78 is 5.62. The second-order valence-electron chi connectivity index (χ2n) is 5.87. The molecule has 0 unspecified atom stereocenters. The van der Waals surface area contributed by atoms with Crippen molar-refractivity contribution in [2.45, 2.75) is 31.1 Å². The van der Waals surface area contributed by atoms with Gasteiger partial charge in [0.15, 0.2) is 0 Å². The predicted molar refractivity (Wildman–Crippen MR) is 74.0 cm³/mol. The first-order valence-electron chi connectivity index (χ1n) is 7.35. The minimum absolute atomic E-state index is 0.0538. The Hall–Kier alpha value is -1.75. The number of aromatic nitrogens is 3. The number of pyridine rings is 1. The zero-order valence-electron chi connectivity index (χ0n) is 11.4. The standard InChI is InChI=1S/C15H18N4O/c1-3-7-15(10-16-9-11(15)5-1)14-18-13(19-20-14)12-6-2-4-8-17-12/h2,4,6,8,11,16H,1,3,5,7,9-10H2/t11-,15+/m0/s1. The van der Waals surface area contributed by atoms with Crippen molar-refractivity contribution >= 4 is 0 Å². The van der Waals surface area contributed by atoms with Gasteiger partial charge in [0, 0.05) is 12.7 Å². The van der Waals surface area contributed by atoms with E-state index in [2.05, 4.69) is 20.4 Å². The summed E-state index contributed by atoms with van der Waals surface area (Å²) in [6.07, 6.45) is 6.72. The average Bonchev–Trinajstić information content (AvgIpc) is 3.15. The Kier molecular flexibility index (Phi) is 2.80. The lowest BCUT2D eigenvalue weighted by molar-refractivity contribution is 0.182. The van der Waals surface area contributed by atoms with Crippen molar-refractivity contribution in [1.29, 1.82) is 0 Å². The summed E-state index contributed by atoms with van der Waals surface area (Å²) in [4.78, 5) is 8.95. The third kappa shape index (κ3) is 1.77. The number of fused-ring (bicyclic) bond motifs is 1. The second kappa shape index (κ2) is 4.66. The van der Waals surface area contributed by atoms with E-state index in [0.29, 0.717) is 11.7 Å². The van der Waals surface area contributed by atoms with E-state index in [1.807, 2.05) is 18.2 Å². The van der Waals surface area contributed by atoms with Gasteiger partial charge in [0.25, 0.3) is 0 Å². The monoisotopic (exact) mass is 270 g/mol. The van der Waals surface area contributed by atoms with Gasteiger partial charge in [0.1, 0.15) is 5.69 Å². The van der Waals surface area contributed by atoms with E-state index >= 15 is 0 Å². The van der Waals surface area contributed by atoms with Crippen LogP contribution < -0.4 is 5.32 Å². The third-order valence-corrected chi connectivity index (χ3v) is 4.78. The van der Waals surface area contributed by atoms with Gasteiger partial charge in [-0.05, 0) is 37.4 Å². The van der Waals surface area contributed by atoms with Crippen molar-refractivity contribution in [3.8, 4) is 11.5 Å². The summed E-state index contributed by atoms with van der Waals surface area (Å²) in [5.74, 6) is 2.03. The third-order valence-electron chi connectivity index (χ3n) is 4.78. The first-order chi connectivity index (χ1) is 9.88. The number of rotatable bonds is 2. The lowest BCUT2D eigenvalue weighted by Crippen LogP contribution is -2.38. The maximum absolute atomic E-state index is 5.62. The molecule has 1 N–H and O–H groups in total. The Morgan fingerprint density at radius 2 is 2.30 bits per heavy atom. The molecule has 20 heavy (non-hydrogen) atoms. The molecular formula is C15H18N4O. The van der Waals surface area contributed by atoms with Crippen LogP contribution in [-0.2, 0) is 5.41 Å². The van der Waals surface area contributed by atoms with Gasteiger partial charge in [-0.25, -0.2) is 0 Å². The Balaban J connectivity index is 1.71. The second-order valence-corrected chi connectivity index (χ2v) is 5.87. The van der Waals surface area contributed by atoms with E-state index < -0.39 is 0 Å². The Labute approximate surface area is 117 Å². The molecule has 0 amide bonds. The van der Waals surface area contributed by atoms with Crippen LogP contribution in [0.15, 0.2) is 28.9 Å². The van der Waals surface area contributed by atoms with E-state index in [4.69, 9.17) is 4.52 Å². The predicted octanol–water partition coefficient (Wildman–Crippen LogP) is 2.16. The van der Waals surface area contributed by atoms with Crippen LogP contribution in [0.1, 0.15) is 31.6 Å². The summed E-state index contributed by atoms with van der Waals surface area (Å²) in [6, 6.07) is 5.75. The normalized spacial score (nSPS) is 29.3. The van der Waals surface area contributed by atoms with Crippen LogP contribution in [0.3, 0.4) is 0 Å². The van der Waals surface area contributed by atoms with Gasteiger partial charge in [-0.15, -0.1) is 0 Å². The van der Waals surface area contributed by atoms with Crippen molar-refractivity contribution in [3.05, 3.63) is 30.3 Å². The van der Waals surface area contributed by atoms with Crippen LogP contribution in [-0.4, -0.2) is 28.2 Å². The molecule has 2 aromatic heterocycles. The highest BCUT2D eigenvalue weighted by Gasteiger charge is 2.49. The van der Waals surface area contributed by atoms with Crippen molar-refractivity contribution in [2.75, 3.05) is 13.1 Å². The molecule has 104 valence electrons. The summed E-state index contributed by atoms with van der Waals surface area (Å²) >= 11 is 0. The zero-order valence-corrected chi connectivity index (χ0v) is 11.4. The number of nitrogens with zero attached hydrogens (tertiary/aromatic N) is 3. The Morgan fingerprint density at radius 1 is 1.30 bits per heavy atom. The van der Waals surface area contributed by atoms with Crippen LogP contribution in [0, 0.1) is 5.92 Å². The average molecular weight is 270 g/mol. The first kappa shape index (κ1) is 12.0. The van der Waals surface area contributed by atoms with Crippen LogP contribution in [0.4, 0.5) is 0 Å². The topological polar surface area (TPSA) is 63.8 Å². The SMILES string of the molecule is c1ccc(-c2noc([C@@]34CCCC[C@H]3CNC4)n2)nc1. The number of hydrogen-bond acceptors (Lipinski definition) is 5. The molecule has 2 aliphatic rings. The fourth-order valence-corrected chi connectivity index (χ4v) is 3.69. The highest BCUT2D eigenvalue weighted by Crippen LogP contribution is 2.45. The van der Waals surface area contributed by atoms with E-state index in [0.717, 1.165) is 31.1 Å². The summed E-state index contributed by atoms with van der Waals surface area (Å²) in [6.45, 7) is 2.03. The molecule has 2 atom stereocenters. The first-order valence-corrected chi connectivity index (χ1v) is 7.35. The smallest absolute Gasteiger partial charge is 0.234 e. The molecule has 1 aliphatic carbocycles. The van der Waals surface area contributed by atoms with E-state index in [1.54, 1.807) is 6.20 Å². The highest BCUT2D eigenvalue weighted by molar-refractivity contribution is 5.47. The van der Waals surface area contributed by atoms with Crippen LogP contribution in [0.2, 0.25) is 0 Å². The quantitative estimate of drug-likeness (QED) is 0.906. The Morgan fingerprint density at radius 3 is 3.20 bits per heavy atom. The molecule has 2 aromatic rings. The van der Waals surface area contributed by atoms with Gasteiger partial charge in [-0.3, -0.25) is 4.98 Å². The molecule has 2 fully saturated rings. The molecule has 1 saturated carbocycles. The molecule has 0 radical (unpaired) electrons. The van der Waals surface area contributed by atoms with Gasteiger partial charge < -0.3 is 9.84 Å². The van der Waals surface area contributed by atoms with E-state index in [-0.39, 0.29) is 5.41 Å². The van der Waals surface area contributed by atoms with Crippen molar-refractivity contribution < 1.29 is 4.52 Å². The van der Waals surface area contributed by atoms with Crippen molar-refractivity contribution in [3.63, 3.8) is 0 Å². The van der Waals surface area contributed by atoms with Crippen LogP contribution in [0.5, 0.6) is 0 Å². The fraction of sp³-hybridized carbons (Fsp3) is 0.533. The Bertz CT molecular complexity index is 597.